The number of hydrogen-bond donors (Lipinski definition) is 1. The Morgan fingerprint density at radius 3 is 2.28 bits per heavy atom. The van der Waals surface area contributed by atoms with Crippen molar-refractivity contribution in [3.8, 4) is 0 Å². The number of benzene rings is 1. The second-order valence-electron chi connectivity index (χ2n) is 7.17. The highest BCUT2D eigenvalue weighted by atomic mass is 32.2. The summed E-state index contributed by atoms with van der Waals surface area (Å²) in [5.74, 6) is -0.0868. The number of carbonyl (C=O) groups is 1. The van der Waals surface area contributed by atoms with E-state index in [9.17, 15) is 13.2 Å². The van der Waals surface area contributed by atoms with Crippen molar-refractivity contribution in [2.45, 2.75) is 56.3 Å². The minimum atomic E-state index is -3.50. The minimum absolute atomic E-state index is 0.0868. The van der Waals surface area contributed by atoms with Gasteiger partial charge in [-0.25, -0.2) is 8.42 Å². The van der Waals surface area contributed by atoms with Gasteiger partial charge in [-0.3, -0.25) is 4.79 Å². The van der Waals surface area contributed by atoms with Crippen molar-refractivity contribution < 1.29 is 13.2 Å². The Balaban J connectivity index is 1.74. The molecule has 0 atom stereocenters. The molecular formula is C19H24N2O3S. The summed E-state index contributed by atoms with van der Waals surface area (Å²) in [6.07, 6.45) is 8.09. The van der Waals surface area contributed by atoms with Gasteiger partial charge in [-0.2, -0.15) is 4.31 Å². The molecule has 2 fully saturated rings. The van der Waals surface area contributed by atoms with Crippen molar-refractivity contribution in [3.05, 3.63) is 29.3 Å². The fourth-order valence-electron chi connectivity index (χ4n) is 4.14. The maximum absolute atomic E-state index is 13.1. The highest BCUT2D eigenvalue weighted by Gasteiger charge is 2.31. The number of sulfonamides is 1. The number of amides is 1. The number of nitrogens with zero attached hydrogens (tertiary/aromatic N) is 1. The molecule has 0 bridgehead atoms. The van der Waals surface area contributed by atoms with E-state index in [2.05, 4.69) is 5.32 Å². The number of carbonyl (C=O) groups excluding carboxylic acids is 1. The summed E-state index contributed by atoms with van der Waals surface area (Å²) >= 11 is 0. The lowest BCUT2D eigenvalue weighted by Crippen LogP contribution is -2.31. The lowest BCUT2D eigenvalue weighted by Gasteiger charge is -2.20. The summed E-state index contributed by atoms with van der Waals surface area (Å²) in [5.41, 5.74) is 3.37. The highest BCUT2D eigenvalue weighted by Crippen LogP contribution is 2.40. The van der Waals surface area contributed by atoms with Gasteiger partial charge >= 0.3 is 0 Å². The molecule has 6 heteroatoms. The van der Waals surface area contributed by atoms with E-state index >= 15 is 0 Å². The molecule has 0 unspecified atom stereocenters. The van der Waals surface area contributed by atoms with E-state index in [-0.39, 0.29) is 5.91 Å². The zero-order chi connectivity index (χ0) is 17.4. The van der Waals surface area contributed by atoms with Crippen LogP contribution in [0.4, 0.5) is 5.69 Å². The fraction of sp³-hybridized carbons (Fsp3) is 0.526. The van der Waals surface area contributed by atoms with E-state index in [4.69, 9.17) is 0 Å². The monoisotopic (exact) mass is 360 g/mol. The van der Waals surface area contributed by atoms with E-state index in [1.807, 2.05) is 0 Å². The Labute approximate surface area is 149 Å². The summed E-state index contributed by atoms with van der Waals surface area (Å²) in [6, 6.07) is 5.07. The first-order valence-electron chi connectivity index (χ1n) is 9.25. The predicted molar refractivity (Wildman–Crippen MR) is 97.7 cm³/mol. The number of hydrogen-bond acceptors (Lipinski definition) is 3. The summed E-state index contributed by atoms with van der Waals surface area (Å²) in [4.78, 5) is 12.7. The Kier molecular flexibility index (Phi) is 4.41. The van der Waals surface area contributed by atoms with Crippen LogP contribution in [-0.4, -0.2) is 31.7 Å². The third kappa shape index (κ3) is 3.02. The number of allylic oxidation sites excluding steroid dienone is 1. The van der Waals surface area contributed by atoms with Gasteiger partial charge in [0.25, 0.3) is 5.91 Å². The quantitative estimate of drug-likeness (QED) is 0.821. The van der Waals surface area contributed by atoms with Gasteiger partial charge in [-0.15, -0.1) is 0 Å². The molecule has 2 aliphatic heterocycles. The topological polar surface area (TPSA) is 66.5 Å². The fourth-order valence-corrected chi connectivity index (χ4v) is 5.68. The lowest BCUT2D eigenvalue weighted by molar-refractivity contribution is -0.110. The molecule has 1 N–H and O–H groups in total. The van der Waals surface area contributed by atoms with Gasteiger partial charge in [0, 0.05) is 29.9 Å². The third-order valence-electron chi connectivity index (χ3n) is 5.50. The minimum Gasteiger partial charge on any atom is -0.321 e. The summed E-state index contributed by atoms with van der Waals surface area (Å²) in [5, 5.41) is 2.89. The van der Waals surface area contributed by atoms with Gasteiger partial charge < -0.3 is 5.32 Å². The molecule has 3 aliphatic rings. The van der Waals surface area contributed by atoms with Crippen LogP contribution in [0.5, 0.6) is 0 Å². The molecule has 1 aliphatic carbocycles. The zero-order valence-corrected chi connectivity index (χ0v) is 15.2. The normalized spacial score (nSPS) is 22.0. The van der Waals surface area contributed by atoms with Crippen molar-refractivity contribution in [3.63, 3.8) is 0 Å². The molecule has 1 saturated heterocycles. The average Bonchev–Trinajstić information content (AvgIpc) is 3.11. The number of anilines is 1. The molecule has 2 heterocycles. The first-order valence-corrected chi connectivity index (χ1v) is 10.7. The second kappa shape index (κ2) is 6.57. The van der Waals surface area contributed by atoms with Crippen LogP contribution in [0.25, 0.3) is 5.57 Å². The Morgan fingerprint density at radius 2 is 1.60 bits per heavy atom. The van der Waals surface area contributed by atoms with Crippen LogP contribution in [-0.2, 0) is 14.8 Å². The van der Waals surface area contributed by atoms with Crippen LogP contribution in [0.1, 0.15) is 56.9 Å². The van der Waals surface area contributed by atoms with Gasteiger partial charge in [0.15, 0.2) is 0 Å². The van der Waals surface area contributed by atoms with Crippen LogP contribution in [0.3, 0.4) is 0 Å². The zero-order valence-electron chi connectivity index (χ0n) is 14.4. The SMILES string of the molecule is O=C1Nc2ccc(S(=O)(=O)N3CCCCCC3)cc2C1=C1CCCC1. The molecule has 1 aromatic rings. The molecule has 0 radical (unpaired) electrons. The molecule has 1 aromatic carbocycles. The van der Waals surface area contributed by atoms with E-state index < -0.39 is 10.0 Å². The maximum Gasteiger partial charge on any atom is 0.256 e. The van der Waals surface area contributed by atoms with Crippen LogP contribution >= 0.6 is 0 Å². The average molecular weight is 360 g/mol. The van der Waals surface area contributed by atoms with Gasteiger partial charge in [0.05, 0.1) is 4.90 Å². The Morgan fingerprint density at radius 1 is 0.920 bits per heavy atom. The highest BCUT2D eigenvalue weighted by molar-refractivity contribution is 7.89. The van der Waals surface area contributed by atoms with Gasteiger partial charge in [-0.1, -0.05) is 18.4 Å². The number of fused-ring (bicyclic) bond motifs is 1. The molecule has 1 amide bonds. The standard InChI is InChI=1S/C19H24N2O3S/c22-19-18(14-7-3-4-8-14)16-13-15(9-10-17(16)20-19)25(23,24)21-11-5-1-2-6-12-21/h9-10,13H,1-8,11-12H2,(H,20,22). The smallest absolute Gasteiger partial charge is 0.256 e. The van der Waals surface area contributed by atoms with Gasteiger partial charge in [0.1, 0.15) is 0 Å². The van der Waals surface area contributed by atoms with Gasteiger partial charge in [-0.05, 0) is 56.7 Å². The van der Waals surface area contributed by atoms with Crippen molar-refractivity contribution >= 4 is 27.2 Å². The first kappa shape index (κ1) is 16.8. The van der Waals surface area contributed by atoms with Crippen molar-refractivity contribution in [2.75, 3.05) is 18.4 Å². The Bertz CT molecular complexity index is 826. The predicted octanol–water partition coefficient (Wildman–Crippen LogP) is 3.53. The molecular weight excluding hydrogens is 336 g/mol. The molecule has 134 valence electrons. The van der Waals surface area contributed by atoms with Crippen LogP contribution < -0.4 is 5.32 Å². The van der Waals surface area contributed by atoms with Crippen LogP contribution in [0.2, 0.25) is 0 Å². The van der Waals surface area contributed by atoms with E-state index in [1.165, 1.54) is 5.57 Å². The number of rotatable bonds is 2. The molecule has 0 aromatic heterocycles. The van der Waals surface area contributed by atoms with Crippen LogP contribution in [0, 0.1) is 0 Å². The first-order chi connectivity index (χ1) is 12.1. The molecule has 5 nitrogen and oxygen atoms in total. The summed E-state index contributed by atoms with van der Waals surface area (Å²) < 4.78 is 27.7. The molecule has 0 spiro atoms. The van der Waals surface area contributed by atoms with E-state index in [0.29, 0.717) is 23.6 Å². The van der Waals surface area contributed by atoms with E-state index in [1.54, 1.807) is 22.5 Å². The molecule has 4 rings (SSSR count). The summed E-state index contributed by atoms with van der Waals surface area (Å²) in [7, 11) is -3.50. The second-order valence-corrected chi connectivity index (χ2v) is 9.10. The van der Waals surface area contributed by atoms with Crippen molar-refractivity contribution in [1.29, 1.82) is 0 Å². The summed E-state index contributed by atoms with van der Waals surface area (Å²) in [6.45, 7) is 1.18. The van der Waals surface area contributed by atoms with Crippen molar-refractivity contribution in [2.24, 2.45) is 0 Å². The Hall–Kier alpha value is -1.66. The maximum atomic E-state index is 13.1. The number of nitrogens with one attached hydrogen (secondary N) is 1. The largest absolute Gasteiger partial charge is 0.321 e. The molecule has 25 heavy (non-hydrogen) atoms. The molecule has 1 saturated carbocycles. The van der Waals surface area contributed by atoms with Crippen molar-refractivity contribution in [1.82, 2.24) is 4.31 Å². The van der Waals surface area contributed by atoms with E-state index in [0.717, 1.165) is 62.6 Å². The third-order valence-corrected chi connectivity index (χ3v) is 7.39. The van der Waals surface area contributed by atoms with Crippen LogP contribution in [0.15, 0.2) is 28.7 Å². The lowest BCUT2D eigenvalue weighted by atomic mass is 10.00. The van der Waals surface area contributed by atoms with Gasteiger partial charge in [0.2, 0.25) is 10.0 Å².